The lowest BCUT2D eigenvalue weighted by Gasteiger charge is -2.08. The van der Waals surface area contributed by atoms with Gasteiger partial charge >= 0.3 is 0 Å². The van der Waals surface area contributed by atoms with E-state index in [4.69, 9.17) is 17.3 Å². The number of hydrogen-bond acceptors (Lipinski definition) is 4. The fourth-order valence-electron chi connectivity index (χ4n) is 1.46. The van der Waals surface area contributed by atoms with Crippen LogP contribution in [0.2, 0.25) is 5.02 Å². The lowest BCUT2D eigenvalue weighted by atomic mass is 10.1. The van der Waals surface area contributed by atoms with Gasteiger partial charge in [-0.3, -0.25) is 0 Å². The lowest BCUT2D eigenvalue weighted by molar-refractivity contribution is 0.817. The Morgan fingerprint density at radius 1 is 1.33 bits per heavy atom. The topological polar surface area (TPSA) is 51.8 Å². The van der Waals surface area contributed by atoms with Crippen LogP contribution in [0.3, 0.4) is 0 Å². The summed E-state index contributed by atoms with van der Waals surface area (Å²) < 4.78 is 0. The van der Waals surface area contributed by atoms with E-state index >= 15 is 0 Å². The van der Waals surface area contributed by atoms with E-state index in [0.29, 0.717) is 10.2 Å². The van der Waals surface area contributed by atoms with Gasteiger partial charge < -0.3 is 5.73 Å². The molecule has 1 heterocycles. The highest BCUT2D eigenvalue weighted by molar-refractivity contribution is 7.99. The Morgan fingerprint density at radius 3 is 2.72 bits per heavy atom. The monoisotopic (exact) mass is 279 g/mol. The largest absolute Gasteiger partial charge is 0.324 e. The molecule has 0 amide bonds. The van der Waals surface area contributed by atoms with Crippen molar-refractivity contribution in [3.8, 4) is 0 Å². The molecule has 0 aliphatic rings. The van der Waals surface area contributed by atoms with Crippen LogP contribution in [0.25, 0.3) is 0 Å². The zero-order valence-corrected chi connectivity index (χ0v) is 11.8. The van der Waals surface area contributed by atoms with E-state index in [2.05, 4.69) is 9.97 Å². The van der Waals surface area contributed by atoms with Crippen molar-refractivity contribution in [2.45, 2.75) is 29.9 Å². The van der Waals surface area contributed by atoms with Crippen LogP contribution in [0.5, 0.6) is 0 Å². The van der Waals surface area contributed by atoms with Gasteiger partial charge in [-0.1, -0.05) is 17.7 Å². The van der Waals surface area contributed by atoms with Gasteiger partial charge in [0, 0.05) is 22.8 Å². The van der Waals surface area contributed by atoms with Crippen LogP contribution in [0.4, 0.5) is 0 Å². The van der Waals surface area contributed by atoms with Crippen LogP contribution in [-0.2, 0) is 0 Å². The first-order chi connectivity index (χ1) is 8.56. The fraction of sp³-hybridized carbons (Fsp3) is 0.231. The summed E-state index contributed by atoms with van der Waals surface area (Å²) in [5, 5.41) is 1.38. The molecule has 2 N–H and O–H groups in total. The van der Waals surface area contributed by atoms with Crippen LogP contribution in [0.15, 0.2) is 40.5 Å². The van der Waals surface area contributed by atoms with Crippen molar-refractivity contribution in [2.24, 2.45) is 5.73 Å². The molecule has 0 radical (unpaired) electrons. The van der Waals surface area contributed by atoms with Gasteiger partial charge in [0.15, 0.2) is 5.16 Å². The summed E-state index contributed by atoms with van der Waals surface area (Å²) in [5.74, 6) is 0. The van der Waals surface area contributed by atoms with Crippen molar-refractivity contribution < 1.29 is 0 Å². The molecule has 0 saturated carbocycles. The van der Waals surface area contributed by atoms with Crippen molar-refractivity contribution in [3.63, 3.8) is 0 Å². The Kier molecular flexibility index (Phi) is 4.22. The predicted molar refractivity (Wildman–Crippen MR) is 74.9 cm³/mol. The molecule has 0 bridgehead atoms. The Balaban J connectivity index is 2.24. The summed E-state index contributed by atoms with van der Waals surface area (Å²) >= 11 is 7.69. The molecular formula is C13H14ClN3S. The molecule has 18 heavy (non-hydrogen) atoms. The highest BCUT2D eigenvalue weighted by atomic mass is 35.5. The van der Waals surface area contributed by atoms with E-state index < -0.39 is 0 Å². The summed E-state index contributed by atoms with van der Waals surface area (Å²) in [6, 6.07) is 7.68. The minimum absolute atomic E-state index is 0.0169. The van der Waals surface area contributed by atoms with E-state index in [1.165, 1.54) is 11.8 Å². The molecule has 2 aromatic rings. The van der Waals surface area contributed by atoms with Crippen LogP contribution in [-0.4, -0.2) is 9.97 Å². The first kappa shape index (κ1) is 13.3. The zero-order chi connectivity index (χ0) is 13.1. The first-order valence-corrected chi connectivity index (χ1v) is 6.78. The van der Waals surface area contributed by atoms with Crippen molar-refractivity contribution >= 4 is 23.4 Å². The first-order valence-electron chi connectivity index (χ1n) is 5.59. The molecule has 3 nitrogen and oxygen atoms in total. The number of aryl methyl sites for hydroxylation is 1. The molecule has 94 valence electrons. The number of rotatable bonds is 3. The maximum Gasteiger partial charge on any atom is 0.192 e. The van der Waals surface area contributed by atoms with Crippen molar-refractivity contribution in [1.82, 2.24) is 9.97 Å². The number of nitrogens with two attached hydrogens (primary N) is 1. The van der Waals surface area contributed by atoms with Gasteiger partial charge in [-0.15, -0.1) is 0 Å². The van der Waals surface area contributed by atoms with E-state index in [1.807, 2.05) is 38.1 Å². The standard InChI is InChI=1S/C13H14ClN3S/c1-8-5-6-16-13(17-8)18-12-4-3-10(9(2)15)7-11(12)14/h3-7,9H,15H2,1-2H3/t9-/m1/s1. The van der Waals surface area contributed by atoms with E-state index in [-0.39, 0.29) is 6.04 Å². The van der Waals surface area contributed by atoms with Gasteiger partial charge in [0.2, 0.25) is 0 Å². The highest BCUT2D eigenvalue weighted by Crippen LogP contribution is 2.32. The van der Waals surface area contributed by atoms with Crippen molar-refractivity contribution in [1.29, 1.82) is 0 Å². The summed E-state index contributed by atoms with van der Waals surface area (Å²) in [6.45, 7) is 3.87. The van der Waals surface area contributed by atoms with Crippen molar-refractivity contribution in [3.05, 3.63) is 46.7 Å². The Hall–Kier alpha value is -1.10. The quantitative estimate of drug-likeness (QED) is 0.872. The minimum Gasteiger partial charge on any atom is -0.324 e. The number of hydrogen-bond donors (Lipinski definition) is 1. The van der Waals surface area contributed by atoms with Crippen LogP contribution >= 0.6 is 23.4 Å². The molecule has 0 fully saturated rings. The van der Waals surface area contributed by atoms with Gasteiger partial charge in [0.1, 0.15) is 0 Å². The lowest BCUT2D eigenvalue weighted by Crippen LogP contribution is -2.04. The summed E-state index contributed by atoms with van der Waals surface area (Å²) in [4.78, 5) is 9.47. The number of aromatic nitrogens is 2. The molecule has 0 spiro atoms. The third-order valence-corrected chi connectivity index (χ3v) is 3.84. The molecule has 1 atom stereocenters. The van der Waals surface area contributed by atoms with E-state index in [1.54, 1.807) is 6.20 Å². The molecular weight excluding hydrogens is 266 g/mol. The van der Waals surface area contributed by atoms with Gasteiger partial charge in [0.25, 0.3) is 0 Å². The molecule has 0 aliphatic carbocycles. The maximum atomic E-state index is 6.23. The van der Waals surface area contributed by atoms with Crippen LogP contribution in [0.1, 0.15) is 24.2 Å². The minimum atomic E-state index is -0.0169. The number of nitrogens with zero attached hydrogens (tertiary/aromatic N) is 2. The highest BCUT2D eigenvalue weighted by Gasteiger charge is 2.08. The van der Waals surface area contributed by atoms with E-state index in [9.17, 15) is 0 Å². The fourth-order valence-corrected chi connectivity index (χ4v) is 2.55. The predicted octanol–water partition coefficient (Wildman–Crippen LogP) is 3.61. The Labute approximate surface area is 116 Å². The Bertz CT molecular complexity index is 558. The van der Waals surface area contributed by atoms with Crippen LogP contribution in [0, 0.1) is 6.92 Å². The maximum absolute atomic E-state index is 6.23. The Morgan fingerprint density at radius 2 is 2.11 bits per heavy atom. The zero-order valence-electron chi connectivity index (χ0n) is 10.2. The third-order valence-electron chi connectivity index (χ3n) is 2.46. The molecule has 0 saturated heterocycles. The molecule has 0 unspecified atom stereocenters. The molecule has 1 aromatic carbocycles. The average molecular weight is 280 g/mol. The number of halogens is 1. The van der Waals surface area contributed by atoms with Gasteiger partial charge in [-0.05, 0) is 49.4 Å². The molecule has 1 aromatic heterocycles. The molecule has 0 aliphatic heterocycles. The average Bonchev–Trinajstić information content (AvgIpc) is 2.31. The summed E-state index contributed by atoms with van der Waals surface area (Å²) in [5.41, 5.74) is 7.78. The molecule has 5 heteroatoms. The second-order valence-corrected chi connectivity index (χ2v) is 5.48. The van der Waals surface area contributed by atoms with Crippen molar-refractivity contribution in [2.75, 3.05) is 0 Å². The normalized spacial score (nSPS) is 12.4. The SMILES string of the molecule is Cc1ccnc(Sc2ccc([C@@H](C)N)cc2Cl)n1. The number of benzene rings is 1. The van der Waals surface area contributed by atoms with Crippen LogP contribution < -0.4 is 5.73 Å². The third kappa shape index (κ3) is 3.22. The second kappa shape index (κ2) is 5.69. The van der Waals surface area contributed by atoms with E-state index in [0.717, 1.165) is 16.2 Å². The smallest absolute Gasteiger partial charge is 0.192 e. The second-order valence-electron chi connectivity index (χ2n) is 4.06. The summed E-state index contributed by atoms with van der Waals surface area (Å²) in [6.07, 6.45) is 1.74. The summed E-state index contributed by atoms with van der Waals surface area (Å²) in [7, 11) is 0. The van der Waals surface area contributed by atoms with Gasteiger partial charge in [0.05, 0.1) is 5.02 Å². The van der Waals surface area contributed by atoms with Gasteiger partial charge in [-0.25, -0.2) is 9.97 Å². The molecule has 2 rings (SSSR count). The van der Waals surface area contributed by atoms with Gasteiger partial charge in [-0.2, -0.15) is 0 Å².